The molecule has 0 aliphatic rings. The number of hydrogen-bond donors (Lipinski definition) is 2. The molecule has 2 rings (SSSR count). The number of anilines is 2. The van der Waals surface area contributed by atoms with Crippen molar-refractivity contribution in [2.45, 2.75) is 6.92 Å². The Hall–Kier alpha value is -1.88. The summed E-state index contributed by atoms with van der Waals surface area (Å²) in [6, 6.07) is 9.14. The molecular formula is C14H11BrFNO2. The molecule has 0 aliphatic heterocycles. The Kier molecular flexibility index (Phi) is 3.85. The lowest BCUT2D eigenvalue weighted by atomic mass is 10.1. The fourth-order valence-corrected chi connectivity index (χ4v) is 2.03. The highest BCUT2D eigenvalue weighted by atomic mass is 79.9. The van der Waals surface area contributed by atoms with E-state index in [1.165, 1.54) is 18.2 Å². The molecule has 0 bridgehead atoms. The average molecular weight is 324 g/mol. The molecule has 5 heteroatoms. The van der Waals surface area contributed by atoms with E-state index in [4.69, 9.17) is 5.11 Å². The fourth-order valence-electron chi connectivity index (χ4n) is 1.69. The van der Waals surface area contributed by atoms with Gasteiger partial charge in [-0.3, -0.25) is 0 Å². The number of nitrogens with one attached hydrogen (secondary N) is 1. The van der Waals surface area contributed by atoms with Gasteiger partial charge in [0.15, 0.2) is 0 Å². The van der Waals surface area contributed by atoms with E-state index in [0.717, 1.165) is 5.56 Å². The maximum absolute atomic E-state index is 13.2. The van der Waals surface area contributed by atoms with Gasteiger partial charge in [0.05, 0.1) is 16.9 Å². The predicted octanol–water partition coefficient (Wildman–Crippen LogP) is 4.34. The molecule has 0 aromatic heterocycles. The largest absolute Gasteiger partial charge is 0.478 e. The van der Waals surface area contributed by atoms with Crippen LogP contribution in [0.3, 0.4) is 0 Å². The molecule has 0 atom stereocenters. The molecule has 2 N–H and O–H groups in total. The highest BCUT2D eigenvalue weighted by Crippen LogP contribution is 2.29. The summed E-state index contributed by atoms with van der Waals surface area (Å²) in [7, 11) is 0. The van der Waals surface area contributed by atoms with Crippen molar-refractivity contribution < 1.29 is 14.3 Å². The second kappa shape index (κ2) is 5.40. The van der Waals surface area contributed by atoms with Gasteiger partial charge in [-0.1, -0.05) is 6.07 Å². The molecule has 0 heterocycles. The van der Waals surface area contributed by atoms with Crippen LogP contribution in [0.5, 0.6) is 0 Å². The third kappa shape index (κ3) is 3.12. The summed E-state index contributed by atoms with van der Waals surface area (Å²) in [5, 5.41) is 12.1. The number of carbonyl (C=O) groups is 1. The zero-order valence-corrected chi connectivity index (χ0v) is 11.7. The van der Waals surface area contributed by atoms with Crippen molar-refractivity contribution in [3.05, 3.63) is 57.8 Å². The van der Waals surface area contributed by atoms with E-state index >= 15 is 0 Å². The smallest absolute Gasteiger partial charge is 0.337 e. The quantitative estimate of drug-likeness (QED) is 0.883. The maximum Gasteiger partial charge on any atom is 0.337 e. The van der Waals surface area contributed by atoms with E-state index in [2.05, 4.69) is 21.2 Å². The summed E-state index contributed by atoms with van der Waals surface area (Å²) >= 11 is 3.29. The zero-order valence-electron chi connectivity index (χ0n) is 10.1. The number of aromatic carboxylic acids is 1. The van der Waals surface area contributed by atoms with Crippen molar-refractivity contribution in [3.8, 4) is 0 Å². The number of rotatable bonds is 3. The molecule has 0 aliphatic carbocycles. The average Bonchev–Trinajstić information content (AvgIpc) is 2.33. The second-order valence-corrected chi connectivity index (χ2v) is 4.96. The molecular weight excluding hydrogens is 313 g/mol. The minimum atomic E-state index is -1.03. The number of benzene rings is 2. The lowest BCUT2D eigenvalue weighted by molar-refractivity contribution is 0.0698. The van der Waals surface area contributed by atoms with Gasteiger partial charge in [-0.15, -0.1) is 0 Å². The molecule has 2 aromatic carbocycles. The molecule has 0 saturated heterocycles. The van der Waals surface area contributed by atoms with E-state index in [-0.39, 0.29) is 5.56 Å². The molecule has 0 unspecified atom stereocenters. The lowest BCUT2D eigenvalue weighted by Gasteiger charge is -2.12. The predicted molar refractivity (Wildman–Crippen MR) is 75.5 cm³/mol. The molecule has 0 saturated carbocycles. The summed E-state index contributed by atoms with van der Waals surface area (Å²) in [6.07, 6.45) is 0. The van der Waals surface area contributed by atoms with Gasteiger partial charge in [0.1, 0.15) is 5.82 Å². The summed E-state index contributed by atoms with van der Waals surface area (Å²) in [5.74, 6) is -1.43. The van der Waals surface area contributed by atoms with Crippen LogP contribution in [0.1, 0.15) is 15.9 Å². The van der Waals surface area contributed by atoms with Crippen molar-refractivity contribution in [2.75, 3.05) is 5.32 Å². The van der Waals surface area contributed by atoms with Gasteiger partial charge in [0, 0.05) is 4.47 Å². The van der Waals surface area contributed by atoms with Crippen LogP contribution >= 0.6 is 15.9 Å². The SMILES string of the molecule is Cc1ccc(C(=O)O)c(Nc2cc(F)ccc2Br)c1. The van der Waals surface area contributed by atoms with Crippen LogP contribution in [0.15, 0.2) is 40.9 Å². The third-order valence-electron chi connectivity index (χ3n) is 2.60. The molecule has 2 aromatic rings. The molecule has 0 radical (unpaired) electrons. The van der Waals surface area contributed by atoms with Gasteiger partial charge < -0.3 is 10.4 Å². The monoisotopic (exact) mass is 323 g/mol. The van der Waals surface area contributed by atoms with Gasteiger partial charge in [0.25, 0.3) is 0 Å². The molecule has 98 valence electrons. The number of carboxylic acid groups (broad SMARTS) is 1. The van der Waals surface area contributed by atoms with Crippen molar-refractivity contribution in [1.82, 2.24) is 0 Å². The lowest BCUT2D eigenvalue weighted by Crippen LogP contribution is -2.03. The Morgan fingerprint density at radius 3 is 2.63 bits per heavy atom. The molecule has 0 fully saturated rings. The first-order valence-electron chi connectivity index (χ1n) is 5.53. The van der Waals surface area contributed by atoms with Gasteiger partial charge in [-0.25, -0.2) is 9.18 Å². The Balaban J connectivity index is 2.45. The summed E-state index contributed by atoms with van der Waals surface area (Å²) in [5.41, 5.74) is 1.97. The van der Waals surface area contributed by atoms with Crippen molar-refractivity contribution in [2.24, 2.45) is 0 Å². The van der Waals surface area contributed by atoms with E-state index in [1.54, 1.807) is 18.2 Å². The van der Waals surface area contributed by atoms with Crippen LogP contribution in [-0.2, 0) is 0 Å². The Morgan fingerprint density at radius 2 is 1.95 bits per heavy atom. The third-order valence-corrected chi connectivity index (χ3v) is 3.29. The van der Waals surface area contributed by atoms with E-state index in [0.29, 0.717) is 15.8 Å². The van der Waals surface area contributed by atoms with E-state index in [1.807, 2.05) is 6.92 Å². The molecule has 3 nitrogen and oxygen atoms in total. The van der Waals surface area contributed by atoms with Crippen LogP contribution in [0.25, 0.3) is 0 Å². The van der Waals surface area contributed by atoms with Crippen LogP contribution in [-0.4, -0.2) is 11.1 Å². The van der Waals surface area contributed by atoms with Gasteiger partial charge in [-0.2, -0.15) is 0 Å². The van der Waals surface area contributed by atoms with Gasteiger partial charge >= 0.3 is 5.97 Å². The molecule has 0 amide bonds. The van der Waals surface area contributed by atoms with Crippen molar-refractivity contribution in [1.29, 1.82) is 0 Å². The zero-order chi connectivity index (χ0) is 14.0. The van der Waals surface area contributed by atoms with Crippen LogP contribution in [0, 0.1) is 12.7 Å². The first-order valence-corrected chi connectivity index (χ1v) is 6.32. The first kappa shape index (κ1) is 13.5. The maximum atomic E-state index is 13.2. The molecule has 0 spiro atoms. The van der Waals surface area contributed by atoms with Crippen LogP contribution < -0.4 is 5.32 Å². The van der Waals surface area contributed by atoms with Gasteiger partial charge in [-0.05, 0) is 58.7 Å². The summed E-state index contributed by atoms with van der Waals surface area (Å²) in [6.45, 7) is 1.86. The Bertz CT molecular complexity index is 643. The first-order chi connectivity index (χ1) is 8.97. The van der Waals surface area contributed by atoms with Gasteiger partial charge in [0.2, 0.25) is 0 Å². The molecule has 19 heavy (non-hydrogen) atoms. The summed E-state index contributed by atoms with van der Waals surface area (Å²) < 4.78 is 13.9. The van der Waals surface area contributed by atoms with Crippen molar-refractivity contribution >= 4 is 33.3 Å². The van der Waals surface area contributed by atoms with E-state index in [9.17, 15) is 9.18 Å². The highest BCUT2D eigenvalue weighted by molar-refractivity contribution is 9.10. The van der Waals surface area contributed by atoms with Crippen molar-refractivity contribution in [3.63, 3.8) is 0 Å². The summed E-state index contributed by atoms with van der Waals surface area (Å²) in [4.78, 5) is 11.1. The minimum absolute atomic E-state index is 0.141. The standard InChI is InChI=1S/C14H11BrFNO2/c1-8-2-4-10(14(18)19)12(6-8)17-13-7-9(16)3-5-11(13)15/h2-7,17H,1H3,(H,18,19). The number of aryl methyl sites for hydroxylation is 1. The van der Waals surface area contributed by atoms with Crippen LogP contribution in [0.2, 0.25) is 0 Å². The number of carboxylic acids is 1. The highest BCUT2D eigenvalue weighted by Gasteiger charge is 2.11. The number of hydrogen-bond acceptors (Lipinski definition) is 2. The second-order valence-electron chi connectivity index (χ2n) is 4.10. The fraction of sp³-hybridized carbons (Fsp3) is 0.0714. The Morgan fingerprint density at radius 1 is 1.21 bits per heavy atom. The topological polar surface area (TPSA) is 49.3 Å². The normalized spacial score (nSPS) is 10.3. The van der Waals surface area contributed by atoms with E-state index < -0.39 is 11.8 Å². The number of halogens is 2. The Labute approximate surface area is 118 Å². The minimum Gasteiger partial charge on any atom is -0.478 e. The van der Waals surface area contributed by atoms with Crippen LogP contribution in [0.4, 0.5) is 15.8 Å².